The van der Waals surface area contributed by atoms with E-state index < -0.39 is 0 Å². The van der Waals surface area contributed by atoms with Gasteiger partial charge in [-0.25, -0.2) is 0 Å². The second kappa shape index (κ2) is 3.01. The maximum absolute atomic E-state index is 10.8. The Morgan fingerprint density at radius 2 is 2.40 bits per heavy atom. The highest BCUT2D eigenvalue weighted by atomic mass is 16.2. The highest BCUT2D eigenvalue weighted by Crippen LogP contribution is 2.27. The Balaban J connectivity index is 2.05. The third-order valence-electron chi connectivity index (χ3n) is 1.68. The van der Waals surface area contributed by atoms with Crippen molar-refractivity contribution in [2.75, 3.05) is 6.54 Å². The molecule has 1 amide bonds. The van der Waals surface area contributed by atoms with Gasteiger partial charge in [0.15, 0.2) is 0 Å². The predicted molar refractivity (Wildman–Crippen MR) is 39.4 cm³/mol. The molecule has 0 heterocycles. The van der Waals surface area contributed by atoms with Crippen molar-refractivity contribution in [1.82, 2.24) is 5.32 Å². The van der Waals surface area contributed by atoms with E-state index >= 15 is 0 Å². The summed E-state index contributed by atoms with van der Waals surface area (Å²) in [6, 6.07) is -0.362. The van der Waals surface area contributed by atoms with Crippen molar-refractivity contribution < 1.29 is 4.79 Å². The summed E-state index contributed by atoms with van der Waals surface area (Å²) in [5, 5.41) is 2.78. The van der Waals surface area contributed by atoms with Crippen LogP contribution < -0.4 is 11.1 Å². The summed E-state index contributed by atoms with van der Waals surface area (Å²) >= 11 is 0. The molecule has 0 aromatic heterocycles. The van der Waals surface area contributed by atoms with Crippen molar-refractivity contribution in [3.8, 4) is 0 Å². The van der Waals surface area contributed by atoms with Crippen LogP contribution in [0.2, 0.25) is 0 Å². The third-order valence-corrected chi connectivity index (χ3v) is 1.68. The molecule has 0 unspecified atom stereocenters. The number of hydrogen-bond donors (Lipinski definition) is 2. The molecule has 1 aliphatic carbocycles. The fourth-order valence-corrected chi connectivity index (χ4v) is 0.728. The average Bonchev–Trinajstić information content (AvgIpc) is 2.64. The van der Waals surface area contributed by atoms with E-state index in [0.29, 0.717) is 0 Å². The molecule has 0 saturated heterocycles. The summed E-state index contributed by atoms with van der Waals surface area (Å²) in [6.07, 6.45) is 2.53. The van der Waals surface area contributed by atoms with Crippen LogP contribution in [-0.4, -0.2) is 18.5 Å². The number of nitrogens with two attached hydrogens (primary N) is 1. The first-order chi connectivity index (χ1) is 4.70. The largest absolute Gasteiger partial charge is 0.354 e. The Morgan fingerprint density at radius 1 is 1.80 bits per heavy atom. The quantitative estimate of drug-likeness (QED) is 0.576. The van der Waals surface area contributed by atoms with Gasteiger partial charge in [-0.15, -0.1) is 0 Å². The molecule has 0 aliphatic heterocycles. The Kier molecular flexibility index (Phi) is 2.27. The molecule has 1 aliphatic rings. The van der Waals surface area contributed by atoms with Crippen molar-refractivity contribution in [2.24, 2.45) is 11.7 Å². The zero-order valence-electron chi connectivity index (χ0n) is 6.26. The van der Waals surface area contributed by atoms with Crippen LogP contribution in [0.5, 0.6) is 0 Å². The second-order valence-electron chi connectivity index (χ2n) is 2.98. The maximum Gasteiger partial charge on any atom is 0.236 e. The summed E-state index contributed by atoms with van der Waals surface area (Å²) < 4.78 is 0. The van der Waals surface area contributed by atoms with Crippen LogP contribution in [0.1, 0.15) is 19.8 Å². The van der Waals surface area contributed by atoms with E-state index in [1.165, 1.54) is 12.8 Å². The molecule has 0 bridgehead atoms. The molecule has 3 N–H and O–H groups in total. The molecule has 0 radical (unpaired) electrons. The summed E-state index contributed by atoms with van der Waals surface area (Å²) in [7, 11) is 0. The fourth-order valence-electron chi connectivity index (χ4n) is 0.728. The van der Waals surface area contributed by atoms with Gasteiger partial charge in [0.1, 0.15) is 0 Å². The minimum Gasteiger partial charge on any atom is -0.354 e. The molecule has 0 aromatic rings. The number of hydrogen-bond acceptors (Lipinski definition) is 2. The van der Waals surface area contributed by atoms with Crippen LogP contribution in [0.25, 0.3) is 0 Å². The first kappa shape index (κ1) is 7.54. The molecule has 58 valence electrons. The van der Waals surface area contributed by atoms with Crippen LogP contribution in [-0.2, 0) is 4.79 Å². The average molecular weight is 142 g/mol. The molecule has 0 spiro atoms. The van der Waals surface area contributed by atoms with E-state index in [-0.39, 0.29) is 11.9 Å². The molecular weight excluding hydrogens is 128 g/mol. The zero-order valence-corrected chi connectivity index (χ0v) is 6.26. The lowest BCUT2D eigenvalue weighted by Crippen LogP contribution is -2.39. The van der Waals surface area contributed by atoms with E-state index in [1.807, 2.05) is 0 Å². The Labute approximate surface area is 61.0 Å². The second-order valence-corrected chi connectivity index (χ2v) is 2.98. The summed E-state index contributed by atoms with van der Waals surface area (Å²) in [4.78, 5) is 10.8. The van der Waals surface area contributed by atoms with Crippen molar-refractivity contribution in [3.63, 3.8) is 0 Å². The van der Waals surface area contributed by atoms with Crippen LogP contribution in [0.4, 0.5) is 0 Å². The Hall–Kier alpha value is -0.570. The fraction of sp³-hybridized carbons (Fsp3) is 0.857. The van der Waals surface area contributed by atoms with Gasteiger partial charge < -0.3 is 11.1 Å². The number of carbonyl (C=O) groups is 1. The normalized spacial score (nSPS) is 20.2. The summed E-state index contributed by atoms with van der Waals surface area (Å²) in [6.45, 7) is 2.52. The third kappa shape index (κ3) is 2.35. The number of carbonyl (C=O) groups excluding carboxylic acids is 1. The lowest BCUT2D eigenvalue weighted by atomic mass is 10.3. The molecule has 1 rings (SSSR count). The van der Waals surface area contributed by atoms with Gasteiger partial charge in [0.25, 0.3) is 0 Å². The standard InChI is InChI=1S/C7H14N2O/c1-5(8)7(10)9-4-6-2-3-6/h5-6H,2-4,8H2,1H3,(H,9,10)/t5-/m0/s1. The SMILES string of the molecule is C[C@H](N)C(=O)NCC1CC1. The van der Waals surface area contributed by atoms with Crippen molar-refractivity contribution in [3.05, 3.63) is 0 Å². The van der Waals surface area contributed by atoms with Gasteiger partial charge in [0.05, 0.1) is 6.04 Å². The van der Waals surface area contributed by atoms with E-state index in [4.69, 9.17) is 5.73 Å². The summed E-state index contributed by atoms with van der Waals surface area (Å²) in [5.41, 5.74) is 5.33. The van der Waals surface area contributed by atoms with Gasteiger partial charge in [-0.3, -0.25) is 4.79 Å². The molecular formula is C7H14N2O. The molecule has 1 fully saturated rings. The van der Waals surface area contributed by atoms with Crippen LogP contribution >= 0.6 is 0 Å². The van der Waals surface area contributed by atoms with E-state index in [0.717, 1.165) is 12.5 Å². The van der Waals surface area contributed by atoms with Gasteiger partial charge in [-0.1, -0.05) is 0 Å². The van der Waals surface area contributed by atoms with Gasteiger partial charge in [-0.05, 0) is 25.7 Å². The van der Waals surface area contributed by atoms with Crippen molar-refractivity contribution >= 4 is 5.91 Å². The van der Waals surface area contributed by atoms with E-state index in [1.54, 1.807) is 6.92 Å². The van der Waals surface area contributed by atoms with Gasteiger partial charge in [0.2, 0.25) is 5.91 Å². The van der Waals surface area contributed by atoms with Crippen LogP contribution in [0.3, 0.4) is 0 Å². The first-order valence-corrected chi connectivity index (χ1v) is 3.73. The maximum atomic E-state index is 10.8. The Morgan fingerprint density at radius 3 is 2.80 bits per heavy atom. The van der Waals surface area contributed by atoms with Crippen LogP contribution in [0.15, 0.2) is 0 Å². The topological polar surface area (TPSA) is 55.1 Å². The highest BCUT2D eigenvalue weighted by Gasteiger charge is 2.21. The van der Waals surface area contributed by atoms with E-state index in [9.17, 15) is 4.79 Å². The molecule has 3 nitrogen and oxygen atoms in total. The predicted octanol–water partition coefficient (Wildman–Crippen LogP) is -0.140. The minimum absolute atomic E-state index is 0.0353. The number of nitrogens with one attached hydrogen (secondary N) is 1. The summed E-state index contributed by atoms with van der Waals surface area (Å²) in [5.74, 6) is 0.703. The van der Waals surface area contributed by atoms with Gasteiger partial charge >= 0.3 is 0 Å². The molecule has 3 heteroatoms. The minimum atomic E-state index is -0.362. The highest BCUT2D eigenvalue weighted by molar-refractivity contribution is 5.80. The first-order valence-electron chi connectivity index (χ1n) is 3.73. The van der Waals surface area contributed by atoms with Gasteiger partial charge in [0, 0.05) is 6.54 Å². The number of amides is 1. The monoisotopic (exact) mass is 142 g/mol. The van der Waals surface area contributed by atoms with Crippen LogP contribution in [0, 0.1) is 5.92 Å². The smallest absolute Gasteiger partial charge is 0.236 e. The Bertz CT molecular complexity index is 130. The van der Waals surface area contributed by atoms with Gasteiger partial charge in [-0.2, -0.15) is 0 Å². The lowest BCUT2D eigenvalue weighted by Gasteiger charge is -2.05. The lowest BCUT2D eigenvalue weighted by molar-refractivity contribution is -0.122. The molecule has 1 saturated carbocycles. The molecule has 0 aromatic carbocycles. The number of rotatable bonds is 3. The molecule has 1 atom stereocenters. The van der Waals surface area contributed by atoms with Crippen molar-refractivity contribution in [1.29, 1.82) is 0 Å². The van der Waals surface area contributed by atoms with Crippen molar-refractivity contribution in [2.45, 2.75) is 25.8 Å². The van der Waals surface area contributed by atoms with E-state index in [2.05, 4.69) is 5.32 Å². The molecule has 10 heavy (non-hydrogen) atoms. The zero-order chi connectivity index (χ0) is 7.56.